The molecule has 0 aliphatic heterocycles. The number of fused-ring (bicyclic) bond motifs is 1. The van der Waals surface area contributed by atoms with Crippen molar-refractivity contribution in [1.82, 2.24) is 0 Å². The van der Waals surface area contributed by atoms with Gasteiger partial charge in [-0.3, -0.25) is 0 Å². The maximum absolute atomic E-state index is 9.74. The second-order valence-electron chi connectivity index (χ2n) is 4.87. The molecule has 3 heteroatoms. The molecule has 3 nitrogen and oxygen atoms in total. The molecule has 19 heavy (non-hydrogen) atoms. The van der Waals surface area contributed by atoms with Crippen LogP contribution in [0.4, 0.5) is 0 Å². The Morgan fingerprint density at radius 2 is 2.05 bits per heavy atom. The third kappa shape index (κ3) is 2.56. The number of aryl methyl sites for hydroxylation is 1. The standard InChI is InChI=1S/C16H16O3/c17-13-3-1-2-11(8-13)10-19-14-5-6-15-12(9-14)4-7-16(15)18/h1-3,5-6,8-9,16-18H,4,7,10H2/t16-/m1/s1. The number of hydrogen-bond donors (Lipinski definition) is 2. The Morgan fingerprint density at radius 3 is 2.89 bits per heavy atom. The molecule has 2 N–H and O–H groups in total. The predicted octanol–water partition coefficient (Wildman–Crippen LogP) is 2.95. The van der Waals surface area contributed by atoms with E-state index in [-0.39, 0.29) is 11.9 Å². The SMILES string of the molecule is Oc1cccc(COc2ccc3c(c2)CC[C@H]3O)c1. The van der Waals surface area contributed by atoms with Crippen LogP contribution in [0.1, 0.15) is 29.2 Å². The zero-order valence-electron chi connectivity index (χ0n) is 10.5. The van der Waals surface area contributed by atoms with Crippen molar-refractivity contribution in [3.05, 3.63) is 59.2 Å². The zero-order chi connectivity index (χ0) is 13.2. The minimum atomic E-state index is -0.324. The Morgan fingerprint density at radius 1 is 1.16 bits per heavy atom. The van der Waals surface area contributed by atoms with Crippen molar-refractivity contribution >= 4 is 0 Å². The first kappa shape index (κ1) is 12.1. The summed E-state index contributed by atoms with van der Waals surface area (Å²) in [7, 11) is 0. The molecule has 1 atom stereocenters. The van der Waals surface area contributed by atoms with Gasteiger partial charge in [-0.05, 0) is 53.8 Å². The lowest BCUT2D eigenvalue weighted by Gasteiger charge is -2.09. The Hall–Kier alpha value is -2.00. The fourth-order valence-electron chi connectivity index (χ4n) is 2.47. The van der Waals surface area contributed by atoms with E-state index >= 15 is 0 Å². The zero-order valence-corrected chi connectivity index (χ0v) is 10.5. The van der Waals surface area contributed by atoms with Crippen LogP contribution in [0, 0.1) is 0 Å². The molecule has 0 spiro atoms. The average molecular weight is 256 g/mol. The number of aliphatic hydroxyl groups is 1. The van der Waals surface area contributed by atoms with Crippen LogP contribution < -0.4 is 4.74 Å². The van der Waals surface area contributed by atoms with Crippen LogP contribution in [0.2, 0.25) is 0 Å². The number of aromatic hydroxyl groups is 1. The fourth-order valence-corrected chi connectivity index (χ4v) is 2.47. The quantitative estimate of drug-likeness (QED) is 0.887. The largest absolute Gasteiger partial charge is 0.508 e. The molecule has 0 fully saturated rings. The van der Waals surface area contributed by atoms with Crippen LogP contribution in [0.5, 0.6) is 11.5 Å². The number of aliphatic hydroxyl groups excluding tert-OH is 1. The van der Waals surface area contributed by atoms with Gasteiger partial charge in [0.25, 0.3) is 0 Å². The van der Waals surface area contributed by atoms with E-state index < -0.39 is 0 Å². The van der Waals surface area contributed by atoms with Gasteiger partial charge < -0.3 is 14.9 Å². The highest BCUT2D eigenvalue weighted by Gasteiger charge is 2.20. The molecular weight excluding hydrogens is 240 g/mol. The van der Waals surface area contributed by atoms with E-state index in [0.717, 1.165) is 29.7 Å². The molecule has 0 unspecified atom stereocenters. The number of benzene rings is 2. The van der Waals surface area contributed by atoms with Gasteiger partial charge in [0.1, 0.15) is 18.1 Å². The van der Waals surface area contributed by atoms with E-state index in [1.165, 1.54) is 5.56 Å². The van der Waals surface area contributed by atoms with Crippen LogP contribution in [0.3, 0.4) is 0 Å². The molecule has 98 valence electrons. The first-order valence-corrected chi connectivity index (χ1v) is 6.44. The summed E-state index contributed by atoms with van der Waals surface area (Å²) >= 11 is 0. The maximum atomic E-state index is 9.74. The number of rotatable bonds is 3. The van der Waals surface area contributed by atoms with Gasteiger partial charge in [-0.25, -0.2) is 0 Å². The molecular formula is C16H16O3. The number of ether oxygens (including phenoxy) is 1. The lowest BCUT2D eigenvalue weighted by Crippen LogP contribution is -1.96. The molecule has 0 heterocycles. The summed E-state index contributed by atoms with van der Waals surface area (Å²) in [4.78, 5) is 0. The van der Waals surface area contributed by atoms with E-state index in [2.05, 4.69) is 0 Å². The molecule has 1 aliphatic rings. The van der Waals surface area contributed by atoms with Crippen LogP contribution in [0.25, 0.3) is 0 Å². The third-order valence-electron chi connectivity index (χ3n) is 3.48. The average Bonchev–Trinajstić information content (AvgIpc) is 2.78. The minimum absolute atomic E-state index is 0.248. The summed E-state index contributed by atoms with van der Waals surface area (Å²) in [6.07, 6.45) is 1.38. The maximum Gasteiger partial charge on any atom is 0.120 e. The number of phenolic OH excluding ortho intramolecular Hbond substituents is 1. The minimum Gasteiger partial charge on any atom is -0.508 e. The first-order chi connectivity index (χ1) is 9.22. The van der Waals surface area contributed by atoms with E-state index in [1.54, 1.807) is 18.2 Å². The Bertz CT molecular complexity index is 592. The molecule has 0 bridgehead atoms. The van der Waals surface area contributed by atoms with Crippen molar-refractivity contribution in [1.29, 1.82) is 0 Å². The van der Waals surface area contributed by atoms with E-state index in [0.29, 0.717) is 6.61 Å². The molecule has 0 aromatic heterocycles. The number of hydrogen-bond acceptors (Lipinski definition) is 3. The highest BCUT2D eigenvalue weighted by molar-refractivity contribution is 5.40. The summed E-state index contributed by atoms with van der Waals surface area (Å²) in [5.74, 6) is 1.05. The van der Waals surface area contributed by atoms with Crippen molar-refractivity contribution in [3.63, 3.8) is 0 Å². The van der Waals surface area contributed by atoms with Gasteiger partial charge >= 0.3 is 0 Å². The van der Waals surface area contributed by atoms with Gasteiger partial charge in [0.15, 0.2) is 0 Å². The smallest absolute Gasteiger partial charge is 0.120 e. The van der Waals surface area contributed by atoms with Gasteiger partial charge in [-0.1, -0.05) is 18.2 Å². The van der Waals surface area contributed by atoms with Gasteiger partial charge in [-0.15, -0.1) is 0 Å². The van der Waals surface area contributed by atoms with Gasteiger partial charge in [0, 0.05) is 0 Å². The fraction of sp³-hybridized carbons (Fsp3) is 0.250. The summed E-state index contributed by atoms with van der Waals surface area (Å²) in [5, 5.41) is 19.1. The van der Waals surface area contributed by atoms with Crippen molar-refractivity contribution in [3.8, 4) is 11.5 Å². The van der Waals surface area contributed by atoms with Crippen LogP contribution in [0.15, 0.2) is 42.5 Å². The van der Waals surface area contributed by atoms with Gasteiger partial charge in [-0.2, -0.15) is 0 Å². The van der Waals surface area contributed by atoms with Gasteiger partial charge in [0.05, 0.1) is 6.10 Å². The predicted molar refractivity (Wildman–Crippen MR) is 72.2 cm³/mol. The van der Waals surface area contributed by atoms with E-state index in [1.807, 2.05) is 24.3 Å². The lowest BCUT2D eigenvalue weighted by atomic mass is 10.1. The highest BCUT2D eigenvalue weighted by atomic mass is 16.5. The molecule has 2 aromatic carbocycles. The number of phenols is 1. The third-order valence-corrected chi connectivity index (χ3v) is 3.48. The monoisotopic (exact) mass is 256 g/mol. The Labute approximate surface area is 112 Å². The summed E-state index contributed by atoms with van der Waals surface area (Å²) in [6.45, 7) is 0.426. The second kappa shape index (κ2) is 4.94. The summed E-state index contributed by atoms with van der Waals surface area (Å²) in [6, 6.07) is 12.9. The topological polar surface area (TPSA) is 49.7 Å². The van der Waals surface area contributed by atoms with Crippen molar-refractivity contribution < 1.29 is 14.9 Å². The Kier molecular flexibility index (Phi) is 3.13. The molecule has 1 aliphatic carbocycles. The van der Waals surface area contributed by atoms with Crippen LogP contribution in [-0.4, -0.2) is 10.2 Å². The molecule has 2 aromatic rings. The summed E-state index contributed by atoms with van der Waals surface area (Å²) in [5.41, 5.74) is 3.12. The molecule has 3 rings (SSSR count). The van der Waals surface area contributed by atoms with Crippen LogP contribution >= 0.6 is 0 Å². The normalized spacial score (nSPS) is 17.2. The molecule has 0 saturated heterocycles. The lowest BCUT2D eigenvalue weighted by molar-refractivity contribution is 0.180. The second-order valence-corrected chi connectivity index (χ2v) is 4.87. The summed E-state index contributed by atoms with van der Waals surface area (Å²) < 4.78 is 5.71. The molecule has 0 amide bonds. The van der Waals surface area contributed by atoms with Crippen molar-refractivity contribution in [2.24, 2.45) is 0 Å². The van der Waals surface area contributed by atoms with E-state index in [4.69, 9.17) is 4.74 Å². The Balaban J connectivity index is 1.71. The van der Waals surface area contributed by atoms with Crippen molar-refractivity contribution in [2.45, 2.75) is 25.6 Å². The first-order valence-electron chi connectivity index (χ1n) is 6.44. The van der Waals surface area contributed by atoms with Crippen molar-refractivity contribution in [2.75, 3.05) is 0 Å². The van der Waals surface area contributed by atoms with Gasteiger partial charge in [0.2, 0.25) is 0 Å². The van der Waals surface area contributed by atoms with E-state index in [9.17, 15) is 10.2 Å². The molecule has 0 saturated carbocycles. The highest BCUT2D eigenvalue weighted by Crippen LogP contribution is 2.33. The van der Waals surface area contributed by atoms with Crippen LogP contribution in [-0.2, 0) is 13.0 Å². The molecule has 0 radical (unpaired) electrons.